The van der Waals surface area contributed by atoms with Gasteiger partial charge in [0.05, 0.1) is 6.54 Å². The van der Waals surface area contributed by atoms with Gasteiger partial charge < -0.3 is 15.2 Å². The van der Waals surface area contributed by atoms with E-state index in [1.165, 1.54) is 4.90 Å². The van der Waals surface area contributed by atoms with E-state index in [2.05, 4.69) is 10.2 Å². The number of hydrogen-bond acceptors (Lipinski definition) is 4. The molecule has 3 rings (SSSR count). The number of nitrogens with zero attached hydrogens (tertiary/aromatic N) is 4. The SMILES string of the molecule is N[C@@H](CC(=O)N1CCn2c(nnc2C(F)(F)C(F)(F)F)C1)Cc1cc(F)ccc1F. The van der Waals surface area contributed by atoms with Crippen LogP contribution in [0.2, 0.25) is 0 Å². The van der Waals surface area contributed by atoms with Gasteiger partial charge in [0.15, 0.2) is 5.82 Å². The quantitative estimate of drug-likeness (QED) is 0.727. The number of fused-ring (bicyclic) bond motifs is 1. The molecule has 1 amide bonds. The van der Waals surface area contributed by atoms with Crippen molar-refractivity contribution in [1.29, 1.82) is 0 Å². The van der Waals surface area contributed by atoms with Gasteiger partial charge in [-0.05, 0) is 30.2 Å². The Morgan fingerprint density at radius 1 is 1.13 bits per heavy atom. The van der Waals surface area contributed by atoms with Crippen molar-refractivity contribution in [1.82, 2.24) is 19.7 Å². The Morgan fingerprint density at radius 3 is 2.50 bits per heavy atom. The summed E-state index contributed by atoms with van der Waals surface area (Å²) >= 11 is 0. The Balaban J connectivity index is 1.66. The molecule has 1 aromatic carbocycles. The van der Waals surface area contributed by atoms with E-state index in [9.17, 15) is 35.5 Å². The van der Waals surface area contributed by atoms with Crippen molar-refractivity contribution in [3.8, 4) is 0 Å². The number of amides is 1. The van der Waals surface area contributed by atoms with Crippen molar-refractivity contribution in [2.75, 3.05) is 6.54 Å². The van der Waals surface area contributed by atoms with E-state index in [0.717, 1.165) is 18.2 Å². The van der Waals surface area contributed by atoms with Gasteiger partial charge in [-0.1, -0.05) is 0 Å². The second kappa shape index (κ2) is 7.85. The number of benzene rings is 1. The molecule has 6 nitrogen and oxygen atoms in total. The molecule has 0 fully saturated rings. The van der Waals surface area contributed by atoms with Crippen LogP contribution in [0.4, 0.5) is 30.7 Å². The summed E-state index contributed by atoms with van der Waals surface area (Å²) in [6, 6.07) is 1.98. The maximum atomic E-state index is 13.7. The van der Waals surface area contributed by atoms with Gasteiger partial charge in [-0.25, -0.2) is 8.78 Å². The zero-order valence-electron chi connectivity index (χ0n) is 15.3. The van der Waals surface area contributed by atoms with Crippen LogP contribution < -0.4 is 5.73 Å². The van der Waals surface area contributed by atoms with Crippen molar-refractivity contribution in [3.63, 3.8) is 0 Å². The van der Waals surface area contributed by atoms with Crippen molar-refractivity contribution < 1.29 is 35.5 Å². The lowest BCUT2D eigenvalue weighted by molar-refractivity contribution is -0.293. The highest BCUT2D eigenvalue weighted by atomic mass is 19.4. The van der Waals surface area contributed by atoms with E-state index >= 15 is 0 Å². The van der Waals surface area contributed by atoms with Gasteiger partial charge >= 0.3 is 12.1 Å². The van der Waals surface area contributed by atoms with Gasteiger partial charge in [0.2, 0.25) is 11.7 Å². The van der Waals surface area contributed by atoms with Crippen LogP contribution in [-0.4, -0.2) is 44.3 Å². The summed E-state index contributed by atoms with van der Waals surface area (Å²) in [6.07, 6.45) is -6.22. The number of rotatable bonds is 5. The highest BCUT2D eigenvalue weighted by molar-refractivity contribution is 5.76. The minimum atomic E-state index is -5.83. The lowest BCUT2D eigenvalue weighted by Crippen LogP contribution is -2.43. The Morgan fingerprint density at radius 2 is 1.83 bits per heavy atom. The highest BCUT2D eigenvalue weighted by Crippen LogP contribution is 2.43. The van der Waals surface area contributed by atoms with Gasteiger partial charge in [0.25, 0.3) is 0 Å². The number of hydrogen-bond donors (Lipinski definition) is 1. The van der Waals surface area contributed by atoms with E-state index in [1.807, 2.05) is 0 Å². The average molecular weight is 439 g/mol. The average Bonchev–Trinajstić information content (AvgIpc) is 3.07. The highest BCUT2D eigenvalue weighted by Gasteiger charge is 2.62. The number of carbonyl (C=O) groups excluding carboxylic acids is 1. The molecule has 1 aromatic heterocycles. The van der Waals surface area contributed by atoms with Crippen molar-refractivity contribution in [2.45, 2.75) is 44.1 Å². The number of halogens is 7. The molecule has 0 saturated heterocycles. The van der Waals surface area contributed by atoms with Crippen LogP contribution in [0.15, 0.2) is 18.2 Å². The molecule has 0 radical (unpaired) electrons. The summed E-state index contributed by atoms with van der Waals surface area (Å²) in [4.78, 5) is 13.6. The molecule has 164 valence electrons. The second-order valence-corrected chi connectivity index (χ2v) is 6.88. The molecule has 0 unspecified atom stereocenters. The monoisotopic (exact) mass is 439 g/mol. The third-order valence-corrected chi connectivity index (χ3v) is 4.67. The Hall–Kier alpha value is -2.70. The Kier molecular flexibility index (Phi) is 5.76. The molecule has 1 aliphatic rings. The molecule has 2 aromatic rings. The first-order valence-electron chi connectivity index (χ1n) is 8.74. The largest absolute Gasteiger partial charge is 0.461 e. The summed E-state index contributed by atoms with van der Waals surface area (Å²) in [6.45, 7) is -0.852. The van der Waals surface area contributed by atoms with Crippen LogP contribution in [-0.2, 0) is 30.2 Å². The molecule has 2 N–H and O–H groups in total. The van der Waals surface area contributed by atoms with Gasteiger partial charge in [0, 0.05) is 25.6 Å². The normalized spacial score (nSPS) is 15.8. The molecule has 30 heavy (non-hydrogen) atoms. The van der Waals surface area contributed by atoms with Gasteiger partial charge in [-0.3, -0.25) is 4.79 Å². The van der Waals surface area contributed by atoms with Gasteiger partial charge in [-0.2, -0.15) is 22.0 Å². The predicted molar refractivity (Wildman–Crippen MR) is 88.0 cm³/mol. The molecule has 13 heteroatoms. The first kappa shape index (κ1) is 22.0. The van der Waals surface area contributed by atoms with E-state index < -0.39 is 41.5 Å². The van der Waals surface area contributed by atoms with Crippen LogP contribution in [0, 0.1) is 11.6 Å². The first-order valence-corrected chi connectivity index (χ1v) is 8.74. The van der Waals surface area contributed by atoms with Crippen molar-refractivity contribution >= 4 is 5.91 Å². The number of aromatic nitrogens is 3. The van der Waals surface area contributed by atoms with Crippen LogP contribution in [0.1, 0.15) is 23.6 Å². The molecule has 0 aliphatic carbocycles. The summed E-state index contributed by atoms with van der Waals surface area (Å²) in [5.74, 6) is -8.80. The summed E-state index contributed by atoms with van der Waals surface area (Å²) in [5.41, 5.74) is 5.84. The van der Waals surface area contributed by atoms with E-state index in [1.54, 1.807) is 0 Å². The number of alkyl halides is 5. The maximum Gasteiger partial charge on any atom is 0.461 e. The Bertz CT molecular complexity index is 943. The lowest BCUT2D eigenvalue weighted by atomic mass is 10.0. The molecule has 1 atom stereocenters. The van der Waals surface area contributed by atoms with Gasteiger partial charge in [-0.15, -0.1) is 10.2 Å². The summed E-state index contributed by atoms with van der Waals surface area (Å²) in [7, 11) is 0. The standard InChI is InChI=1S/C17H16F7N5O/c18-10-1-2-12(19)9(5-10)6-11(25)7-14(30)28-3-4-29-13(8-28)26-27-15(29)16(20,21)17(22,23)24/h1-2,5,11H,3-4,6-8,25H2/t11-/m1/s1. The lowest BCUT2D eigenvalue weighted by Gasteiger charge is -2.30. The van der Waals surface area contributed by atoms with Gasteiger partial charge in [0.1, 0.15) is 11.6 Å². The molecule has 1 aliphatic heterocycles. The molecule has 0 spiro atoms. The van der Waals surface area contributed by atoms with Crippen LogP contribution in [0.5, 0.6) is 0 Å². The fourth-order valence-corrected chi connectivity index (χ4v) is 3.14. The predicted octanol–water partition coefficient (Wildman–Crippen LogP) is 2.51. The zero-order valence-corrected chi connectivity index (χ0v) is 15.3. The van der Waals surface area contributed by atoms with Crippen LogP contribution >= 0.6 is 0 Å². The maximum absolute atomic E-state index is 13.7. The smallest absolute Gasteiger partial charge is 0.333 e. The molecular formula is C17H16F7N5O. The fourth-order valence-electron chi connectivity index (χ4n) is 3.14. The topological polar surface area (TPSA) is 77.0 Å². The third kappa shape index (κ3) is 4.25. The van der Waals surface area contributed by atoms with E-state index in [-0.39, 0.29) is 43.9 Å². The number of carbonyl (C=O) groups is 1. The second-order valence-electron chi connectivity index (χ2n) is 6.88. The van der Waals surface area contributed by atoms with E-state index in [4.69, 9.17) is 5.73 Å². The molecular weight excluding hydrogens is 423 g/mol. The zero-order chi connectivity index (χ0) is 22.3. The molecule has 0 bridgehead atoms. The third-order valence-electron chi connectivity index (χ3n) is 4.67. The Labute approximate surface area is 165 Å². The van der Waals surface area contributed by atoms with Crippen molar-refractivity contribution in [2.24, 2.45) is 5.73 Å². The minimum Gasteiger partial charge on any atom is -0.333 e. The summed E-state index contributed by atoms with van der Waals surface area (Å²) in [5, 5.41) is 6.32. The minimum absolute atomic E-state index is 0.00675. The van der Waals surface area contributed by atoms with Crippen LogP contribution in [0.3, 0.4) is 0 Å². The fraction of sp³-hybridized carbons (Fsp3) is 0.471. The van der Waals surface area contributed by atoms with Crippen LogP contribution in [0.25, 0.3) is 0 Å². The molecule has 2 heterocycles. The van der Waals surface area contributed by atoms with Crippen molar-refractivity contribution in [3.05, 3.63) is 47.0 Å². The molecule has 0 saturated carbocycles. The number of nitrogens with two attached hydrogens (primary N) is 1. The summed E-state index contributed by atoms with van der Waals surface area (Å²) < 4.78 is 92.5. The van der Waals surface area contributed by atoms with E-state index in [0.29, 0.717) is 4.57 Å². The first-order chi connectivity index (χ1) is 13.9.